The molecule has 0 N–H and O–H groups in total. The number of ether oxygens (including phenoxy) is 2. The number of benzene rings is 1. The Morgan fingerprint density at radius 2 is 1.70 bits per heavy atom. The van der Waals surface area contributed by atoms with Crippen LogP contribution in [0, 0.1) is 5.92 Å². The molecule has 1 aromatic carbocycles. The van der Waals surface area contributed by atoms with E-state index in [0.717, 1.165) is 56.6 Å². The van der Waals surface area contributed by atoms with Gasteiger partial charge in [0.2, 0.25) is 0 Å². The van der Waals surface area contributed by atoms with Crippen LogP contribution in [0.15, 0.2) is 24.3 Å². The summed E-state index contributed by atoms with van der Waals surface area (Å²) in [6, 6.07) is 7.94. The molecule has 6 heteroatoms. The predicted octanol–water partition coefficient (Wildman–Crippen LogP) is 4.92. The molecule has 0 radical (unpaired) electrons. The van der Waals surface area contributed by atoms with Gasteiger partial charge in [-0.15, -0.1) is 0 Å². The van der Waals surface area contributed by atoms with Crippen LogP contribution in [-0.2, 0) is 11.3 Å². The Morgan fingerprint density at radius 3 is 2.33 bits per heavy atom. The maximum absolute atomic E-state index is 12.4. The van der Waals surface area contributed by atoms with E-state index < -0.39 is 6.61 Å². The fourth-order valence-corrected chi connectivity index (χ4v) is 5.45. The zero-order chi connectivity index (χ0) is 20.8. The lowest BCUT2D eigenvalue weighted by molar-refractivity contribution is -0.0498. The van der Waals surface area contributed by atoms with Gasteiger partial charge in [-0.05, 0) is 75.2 Å². The number of likely N-dealkylation sites (tertiary alicyclic amines) is 1. The molecule has 2 heterocycles. The van der Waals surface area contributed by atoms with Gasteiger partial charge in [0, 0.05) is 32.3 Å². The van der Waals surface area contributed by atoms with Crippen molar-refractivity contribution in [2.45, 2.75) is 76.7 Å². The van der Waals surface area contributed by atoms with Gasteiger partial charge in [-0.2, -0.15) is 8.78 Å². The molecule has 1 saturated carbocycles. The molecule has 0 amide bonds. The molecule has 0 spiro atoms. The highest BCUT2D eigenvalue weighted by Crippen LogP contribution is 2.29. The maximum Gasteiger partial charge on any atom is 0.387 e. The van der Waals surface area contributed by atoms with Gasteiger partial charge in [0.1, 0.15) is 5.75 Å². The molecule has 1 unspecified atom stereocenters. The van der Waals surface area contributed by atoms with Crippen LogP contribution >= 0.6 is 0 Å². The first-order chi connectivity index (χ1) is 14.7. The first-order valence-corrected chi connectivity index (χ1v) is 11.8. The summed E-state index contributed by atoms with van der Waals surface area (Å²) in [6.07, 6.45) is 10.8. The van der Waals surface area contributed by atoms with E-state index in [1.54, 1.807) is 12.1 Å². The van der Waals surface area contributed by atoms with E-state index in [4.69, 9.17) is 4.74 Å². The number of hydrogen-bond acceptors (Lipinski definition) is 4. The molecule has 2 aliphatic heterocycles. The highest BCUT2D eigenvalue weighted by Gasteiger charge is 2.29. The number of hydrogen-bond donors (Lipinski definition) is 0. The van der Waals surface area contributed by atoms with Crippen molar-refractivity contribution in [1.29, 1.82) is 0 Å². The van der Waals surface area contributed by atoms with Crippen molar-refractivity contribution in [1.82, 2.24) is 9.80 Å². The van der Waals surface area contributed by atoms with Gasteiger partial charge < -0.3 is 14.4 Å². The van der Waals surface area contributed by atoms with Gasteiger partial charge in [-0.3, -0.25) is 4.90 Å². The van der Waals surface area contributed by atoms with Gasteiger partial charge in [0.25, 0.3) is 0 Å². The SMILES string of the molecule is FC(F)Oc1ccc(CN(CC2CCN(C3CCCC3)CC2)CC2CCCO2)cc1. The molecule has 3 fully saturated rings. The van der Waals surface area contributed by atoms with Gasteiger partial charge in [-0.25, -0.2) is 0 Å². The molecule has 0 bridgehead atoms. The van der Waals surface area contributed by atoms with E-state index in [-0.39, 0.29) is 5.75 Å². The highest BCUT2D eigenvalue weighted by molar-refractivity contribution is 5.27. The van der Waals surface area contributed by atoms with Crippen molar-refractivity contribution in [2.24, 2.45) is 5.92 Å². The molecule has 3 aliphatic rings. The molecule has 1 aliphatic carbocycles. The zero-order valence-corrected chi connectivity index (χ0v) is 18.0. The minimum absolute atomic E-state index is 0.221. The van der Waals surface area contributed by atoms with Crippen LogP contribution in [0.25, 0.3) is 0 Å². The zero-order valence-electron chi connectivity index (χ0n) is 18.0. The standard InChI is InChI=1S/C24H36F2N2O2/c25-24(26)30-22-9-7-19(8-10-22)16-27(18-23-6-3-15-29-23)17-20-11-13-28(14-12-20)21-4-1-2-5-21/h7-10,20-21,23-24H,1-6,11-18H2. The number of nitrogens with zero attached hydrogens (tertiary/aromatic N) is 2. The first kappa shape index (κ1) is 22.0. The average molecular weight is 423 g/mol. The van der Waals surface area contributed by atoms with E-state index in [2.05, 4.69) is 14.5 Å². The van der Waals surface area contributed by atoms with Crippen molar-refractivity contribution in [3.05, 3.63) is 29.8 Å². The number of alkyl halides is 2. The summed E-state index contributed by atoms with van der Waals surface area (Å²) in [4.78, 5) is 5.25. The third kappa shape index (κ3) is 6.38. The summed E-state index contributed by atoms with van der Waals surface area (Å²) in [5, 5.41) is 0. The third-order valence-corrected chi connectivity index (χ3v) is 7.05. The van der Waals surface area contributed by atoms with Crippen LogP contribution in [0.1, 0.15) is 56.9 Å². The van der Waals surface area contributed by atoms with Gasteiger partial charge >= 0.3 is 6.61 Å². The van der Waals surface area contributed by atoms with Crippen LogP contribution in [0.2, 0.25) is 0 Å². The lowest BCUT2D eigenvalue weighted by Gasteiger charge is -2.38. The predicted molar refractivity (Wildman–Crippen MR) is 114 cm³/mol. The Hall–Kier alpha value is -1.24. The molecular weight excluding hydrogens is 386 g/mol. The lowest BCUT2D eigenvalue weighted by Crippen LogP contribution is -2.43. The first-order valence-electron chi connectivity index (χ1n) is 11.8. The molecule has 4 rings (SSSR count). The van der Waals surface area contributed by atoms with E-state index in [0.29, 0.717) is 6.10 Å². The fourth-order valence-electron chi connectivity index (χ4n) is 5.45. The van der Waals surface area contributed by atoms with Crippen molar-refractivity contribution in [3.63, 3.8) is 0 Å². The number of halogens is 2. The molecule has 1 atom stereocenters. The molecule has 2 saturated heterocycles. The van der Waals surface area contributed by atoms with Gasteiger partial charge in [0.15, 0.2) is 0 Å². The van der Waals surface area contributed by atoms with Crippen molar-refractivity contribution in [3.8, 4) is 5.75 Å². The topological polar surface area (TPSA) is 24.9 Å². The van der Waals surface area contributed by atoms with Crippen molar-refractivity contribution < 1.29 is 18.3 Å². The second kappa shape index (κ2) is 10.9. The summed E-state index contributed by atoms with van der Waals surface area (Å²) >= 11 is 0. The van der Waals surface area contributed by atoms with Gasteiger partial charge in [-0.1, -0.05) is 25.0 Å². The second-order valence-electron chi connectivity index (χ2n) is 9.27. The Morgan fingerprint density at radius 1 is 0.967 bits per heavy atom. The minimum atomic E-state index is -2.78. The Bertz CT molecular complexity index is 623. The van der Waals surface area contributed by atoms with Gasteiger partial charge in [0.05, 0.1) is 6.10 Å². The molecule has 168 valence electrons. The Balaban J connectivity index is 1.31. The number of rotatable bonds is 9. The summed E-state index contributed by atoms with van der Waals surface area (Å²) in [7, 11) is 0. The average Bonchev–Trinajstić information content (AvgIpc) is 3.44. The third-order valence-electron chi connectivity index (χ3n) is 7.05. The number of piperidine rings is 1. The monoisotopic (exact) mass is 422 g/mol. The Kier molecular flexibility index (Phi) is 7.96. The quantitative estimate of drug-likeness (QED) is 0.564. The summed E-state index contributed by atoms with van der Waals surface area (Å²) in [5.74, 6) is 0.948. The van der Waals surface area contributed by atoms with E-state index in [1.807, 2.05) is 12.1 Å². The highest BCUT2D eigenvalue weighted by atomic mass is 19.3. The summed E-state index contributed by atoms with van der Waals surface area (Å²) < 4.78 is 35.2. The van der Waals surface area contributed by atoms with E-state index in [9.17, 15) is 8.78 Å². The largest absolute Gasteiger partial charge is 0.435 e. The summed E-state index contributed by atoms with van der Waals surface area (Å²) in [6.45, 7) is 3.45. The second-order valence-corrected chi connectivity index (χ2v) is 9.27. The summed E-state index contributed by atoms with van der Waals surface area (Å²) in [5.41, 5.74) is 1.14. The molecule has 0 aromatic heterocycles. The van der Waals surface area contributed by atoms with Crippen LogP contribution in [0.5, 0.6) is 5.75 Å². The van der Waals surface area contributed by atoms with Crippen molar-refractivity contribution >= 4 is 0 Å². The van der Waals surface area contributed by atoms with Crippen LogP contribution < -0.4 is 4.74 Å². The van der Waals surface area contributed by atoms with Crippen molar-refractivity contribution in [2.75, 3.05) is 32.8 Å². The Labute approximate surface area is 179 Å². The molecule has 1 aromatic rings. The van der Waals surface area contributed by atoms with Crippen LogP contribution in [0.3, 0.4) is 0 Å². The lowest BCUT2D eigenvalue weighted by atomic mass is 9.94. The van der Waals surface area contributed by atoms with Crippen LogP contribution in [-0.4, -0.2) is 61.3 Å². The smallest absolute Gasteiger partial charge is 0.387 e. The minimum Gasteiger partial charge on any atom is -0.435 e. The fraction of sp³-hybridized carbons (Fsp3) is 0.750. The van der Waals surface area contributed by atoms with Crippen LogP contribution in [0.4, 0.5) is 8.78 Å². The molecular formula is C24H36F2N2O2. The van der Waals surface area contributed by atoms with E-state index in [1.165, 1.54) is 51.6 Å². The maximum atomic E-state index is 12.4. The normalized spacial score (nSPS) is 24.3. The molecule has 30 heavy (non-hydrogen) atoms. The van der Waals surface area contributed by atoms with E-state index >= 15 is 0 Å². The molecule has 4 nitrogen and oxygen atoms in total.